The third-order valence-electron chi connectivity index (χ3n) is 1.30. The van der Waals surface area contributed by atoms with Gasteiger partial charge in [-0.1, -0.05) is 0 Å². The minimum Gasteiger partial charge on any atom is -0.489 e. The second-order valence-corrected chi connectivity index (χ2v) is 2.20. The van der Waals surface area contributed by atoms with Gasteiger partial charge in [0.25, 0.3) is 0 Å². The number of hydrogen-bond donors (Lipinski definition) is 1. The van der Waals surface area contributed by atoms with Crippen molar-refractivity contribution in [3.63, 3.8) is 0 Å². The van der Waals surface area contributed by atoms with Gasteiger partial charge in [-0.25, -0.2) is 4.79 Å². The van der Waals surface area contributed by atoms with E-state index >= 15 is 0 Å². The van der Waals surface area contributed by atoms with E-state index in [1.54, 1.807) is 30.2 Å². The van der Waals surface area contributed by atoms with Gasteiger partial charge in [0.05, 0.1) is 0 Å². The van der Waals surface area contributed by atoms with Crippen molar-refractivity contribution < 1.29 is 9.53 Å². The molecule has 0 heterocycles. The van der Waals surface area contributed by atoms with Crippen LogP contribution in [0.2, 0.25) is 0 Å². The van der Waals surface area contributed by atoms with Gasteiger partial charge in [-0.05, 0) is 24.3 Å². The Morgan fingerprint density at radius 2 is 2.08 bits per heavy atom. The van der Waals surface area contributed by atoms with Crippen LogP contribution in [-0.2, 0) is 4.79 Å². The largest absolute Gasteiger partial charge is 0.489 e. The van der Waals surface area contributed by atoms with Gasteiger partial charge in [0.2, 0.25) is 0 Å². The Labute approximate surface area is 70.5 Å². The van der Waals surface area contributed by atoms with Gasteiger partial charge >= 0.3 is 0 Å². The standard InChI is InChI=1S/C9H9NO2/c10-8-2-4-9(5-3-8)12-7-1-6-11/h1-5H,7,10H2. The highest BCUT2D eigenvalue weighted by Crippen LogP contribution is 2.12. The predicted octanol–water partition coefficient (Wildman–Crippen LogP) is 1.04. The maximum atomic E-state index is 9.77. The van der Waals surface area contributed by atoms with Gasteiger partial charge < -0.3 is 10.5 Å². The van der Waals surface area contributed by atoms with Crippen molar-refractivity contribution in [3.8, 4) is 5.75 Å². The van der Waals surface area contributed by atoms with Crippen LogP contribution in [0.15, 0.2) is 30.3 Å². The van der Waals surface area contributed by atoms with Gasteiger partial charge in [-0.2, -0.15) is 0 Å². The number of carbonyl (C=O) groups excluding carboxylic acids is 1. The number of ether oxygens (including phenoxy) is 1. The van der Waals surface area contributed by atoms with Crippen LogP contribution in [0.1, 0.15) is 0 Å². The average Bonchev–Trinajstić information content (AvgIpc) is 2.09. The molecule has 0 bridgehead atoms. The minimum absolute atomic E-state index is 0.243. The average molecular weight is 163 g/mol. The third-order valence-corrected chi connectivity index (χ3v) is 1.30. The highest BCUT2D eigenvalue weighted by Gasteiger charge is 1.89. The first-order chi connectivity index (χ1) is 5.83. The molecule has 0 fully saturated rings. The molecule has 0 aliphatic carbocycles. The number of benzene rings is 1. The summed E-state index contributed by atoms with van der Waals surface area (Å²) in [5, 5.41) is 0. The van der Waals surface area contributed by atoms with E-state index in [4.69, 9.17) is 10.5 Å². The van der Waals surface area contributed by atoms with E-state index in [0.29, 0.717) is 11.4 Å². The first-order valence-electron chi connectivity index (χ1n) is 3.50. The van der Waals surface area contributed by atoms with Crippen LogP contribution < -0.4 is 10.5 Å². The van der Waals surface area contributed by atoms with Crippen LogP contribution in [-0.4, -0.2) is 12.5 Å². The normalized spacial score (nSPS) is 8.67. The predicted molar refractivity (Wildman–Crippen MR) is 46.6 cm³/mol. The van der Waals surface area contributed by atoms with Crippen molar-refractivity contribution in [1.29, 1.82) is 0 Å². The molecule has 1 aromatic carbocycles. The Balaban J connectivity index is 2.53. The molecule has 62 valence electrons. The van der Waals surface area contributed by atoms with E-state index in [1.807, 2.05) is 0 Å². The lowest BCUT2D eigenvalue weighted by atomic mass is 10.3. The molecule has 0 spiro atoms. The summed E-state index contributed by atoms with van der Waals surface area (Å²) < 4.78 is 5.13. The first kappa shape index (κ1) is 8.37. The van der Waals surface area contributed by atoms with Crippen molar-refractivity contribution in [2.75, 3.05) is 12.3 Å². The first-order valence-corrected chi connectivity index (χ1v) is 3.50. The maximum absolute atomic E-state index is 9.77. The summed E-state index contributed by atoms with van der Waals surface area (Å²) in [4.78, 5) is 9.77. The quantitative estimate of drug-likeness (QED) is 0.535. The van der Waals surface area contributed by atoms with Crippen LogP contribution in [0, 0.1) is 0 Å². The van der Waals surface area contributed by atoms with Gasteiger partial charge in [0, 0.05) is 11.8 Å². The number of anilines is 1. The molecule has 0 aromatic heterocycles. The van der Waals surface area contributed by atoms with Gasteiger partial charge in [0.15, 0.2) is 0 Å². The van der Waals surface area contributed by atoms with Gasteiger partial charge in [-0.3, -0.25) is 0 Å². The summed E-state index contributed by atoms with van der Waals surface area (Å²) in [5.41, 5.74) is 6.14. The Kier molecular flexibility index (Phi) is 2.94. The van der Waals surface area contributed by atoms with E-state index in [9.17, 15) is 4.79 Å². The van der Waals surface area contributed by atoms with Crippen molar-refractivity contribution in [1.82, 2.24) is 0 Å². The molecule has 0 saturated carbocycles. The van der Waals surface area contributed by atoms with Crippen LogP contribution in [0.5, 0.6) is 5.75 Å². The maximum Gasteiger partial charge on any atom is 0.123 e. The van der Waals surface area contributed by atoms with E-state index in [0.717, 1.165) is 0 Å². The monoisotopic (exact) mass is 163 g/mol. The molecule has 0 amide bonds. The molecule has 0 saturated heterocycles. The summed E-state index contributed by atoms with van der Waals surface area (Å²) in [5.74, 6) is 2.32. The Bertz CT molecular complexity index is 286. The Hall–Kier alpha value is -1.73. The molecule has 0 aliphatic rings. The Morgan fingerprint density at radius 1 is 1.42 bits per heavy atom. The number of rotatable bonds is 3. The second kappa shape index (κ2) is 4.21. The molecule has 12 heavy (non-hydrogen) atoms. The fourth-order valence-electron chi connectivity index (χ4n) is 0.736. The van der Waals surface area contributed by atoms with Gasteiger partial charge in [0.1, 0.15) is 18.3 Å². The lowest BCUT2D eigenvalue weighted by molar-refractivity contribution is 0.363. The SMILES string of the molecule is Nc1ccc(OCC=C=O)cc1. The molecular formula is C9H9NO2. The van der Waals surface area contributed by atoms with E-state index in [2.05, 4.69) is 0 Å². The summed E-state index contributed by atoms with van der Waals surface area (Å²) >= 11 is 0. The van der Waals surface area contributed by atoms with E-state index in [1.165, 1.54) is 6.08 Å². The van der Waals surface area contributed by atoms with Crippen LogP contribution >= 0.6 is 0 Å². The summed E-state index contributed by atoms with van der Waals surface area (Å²) in [6.45, 7) is 0.243. The van der Waals surface area contributed by atoms with Crippen molar-refractivity contribution in [2.24, 2.45) is 0 Å². The third kappa shape index (κ3) is 2.48. The molecule has 0 atom stereocenters. The Morgan fingerprint density at radius 3 is 2.67 bits per heavy atom. The molecule has 0 unspecified atom stereocenters. The van der Waals surface area contributed by atoms with Crippen molar-refractivity contribution in [2.45, 2.75) is 0 Å². The van der Waals surface area contributed by atoms with E-state index < -0.39 is 0 Å². The highest BCUT2D eigenvalue weighted by atomic mass is 16.5. The zero-order chi connectivity index (χ0) is 8.81. The van der Waals surface area contributed by atoms with E-state index in [-0.39, 0.29) is 6.61 Å². The molecular weight excluding hydrogens is 154 g/mol. The molecule has 0 aliphatic heterocycles. The minimum atomic E-state index is 0.243. The summed E-state index contributed by atoms with van der Waals surface area (Å²) in [6.07, 6.45) is 1.27. The fraction of sp³-hybridized carbons (Fsp3) is 0.111. The lowest BCUT2D eigenvalue weighted by Gasteiger charge is -2.01. The zero-order valence-electron chi connectivity index (χ0n) is 6.49. The molecule has 2 N–H and O–H groups in total. The molecule has 0 radical (unpaired) electrons. The number of nitrogen functional groups attached to an aromatic ring is 1. The number of nitrogens with two attached hydrogens (primary N) is 1. The molecule has 1 rings (SSSR count). The number of hydrogen-bond acceptors (Lipinski definition) is 3. The summed E-state index contributed by atoms with van der Waals surface area (Å²) in [6, 6.07) is 6.96. The van der Waals surface area contributed by atoms with Crippen LogP contribution in [0.4, 0.5) is 5.69 Å². The summed E-state index contributed by atoms with van der Waals surface area (Å²) in [7, 11) is 0. The van der Waals surface area contributed by atoms with Crippen molar-refractivity contribution >= 4 is 11.6 Å². The molecule has 3 heteroatoms. The smallest absolute Gasteiger partial charge is 0.123 e. The highest BCUT2D eigenvalue weighted by molar-refractivity contribution is 5.45. The van der Waals surface area contributed by atoms with Gasteiger partial charge in [-0.15, -0.1) is 0 Å². The molecule has 3 nitrogen and oxygen atoms in total. The van der Waals surface area contributed by atoms with Crippen molar-refractivity contribution in [3.05, 3.63) is 30.3 Å². The fourth-order valence-corrected chi connectivity index (χ4v) is 0.736. The lowest BCUT2D eigenvalue weighted by Crippen LogP contribution is -1.93. The molecule has 1 aromatic rings. The zero-order valence-corrected chi connectivity index (χ0v) is 6.49. The van der Waals surface area contributed by atoms with Crippen LogP contribution in [0.3, 0.4) is 0 Å². The van der Waals surface area contributed by atoms with Crippen LogP contribution in [0.25, 0.3) is 0 Å². The topological polar surface area (TPSA) is 52.3 Å². The second-order valence-electron chi connectivity index (χ2n) is 2.20.